The van der Waals surface area contributed by atoms with E-state index in [0.717, 1.165) is 5.01 Å². The Morgan fingerprint density at radius 1 is 1.64 bits per heavy atom. The van der Waals surface area contributed by atoms with Gasteiger partial charge in [-0.2, -0.15) is 5.01 Å². The minimum absolute atomic E-state index is 0.291. The van der Waals surface area contributed by atoms with E-state index in [1.54, 1.807) is 5.01 Å². The van der Waals surface area contributed by atoms with Crippen LogP contribution >= 0.6 is 0 Å². The maximum absolute atomic E-state index is 10.4. The Morgan fingerprint density at radius 2 is 2.18 bits per heavy atom. The Bertz CT molecular complexity index is 129. The fraction of sp³-hybridized carbons (Fsp3) is 0.833. The molecule has 1 N–H and O–H groups in total. The fourth-order valence-corrected chi connectivity index (χ4v) is 0.660. The van der Waals surface area contributed by atoms with E-state index in [4.69, 9.17) is 9.84 Å². The Kier molecular flexibility index (Phi) is 4.56. The molecule has 0 radical (unpaired) electrons. The lowest BCUT2D eigenvalue weighted by Crippen LogP contribution is -2.43. The highest BCUT2D eigenvalue weighted by Crippen LogP contribution is 1.93. The maximum Gasteiger partial charge on any atom is 0.421 e. The van der Waals surface area contributed by atoms with Crippen molar-refractivity contribution in [2.75, 3.05) is 27.4 Å². The van der Waals surface area contributed by atoms with E-state index in [0.29, 0.717) is 13.3 Å². The Hall–Kier alpha value is -0.810. The van der Waals surface area contributed by atoms with Gasteiger partial charge in [0.15, 0.2) is 0 Å². The van der Waals surface area contributed by atoms with Crippen molar-refractivity contribution in [3.8, 4) is 0 Å². The Labute approximate surface area is 66.1 Å². The van der Waals surface area contributed by atoms with Crippen LogP contribution in [0, 0.1) is 0 Å². The van der Waals surface area contributed by atoms with Gasteiger partial charge in [-0.3, -0.25) is 0 Å². The third-order valence-electron chi connectivity index (χ3n) is 1.34. The number of hydrazine groups is 1. The summed E-state index contributed by atoms with van der Waals surface area (Å²) in [7, 11) is 3.00. The van der Waals surface area contributed by atoms with Gasteiger partial charge in [0.05, 0.1) is 0 Å². The summed E-state index contributed by atoms with van der Waals surface area (Å²) in [5.41, 5.74) is 0. The molecule has 0 aliphatic heterocycles. The highest BCUT2D eigenvalue weighted by atomic mass is 16.5. The van der Waals surface area contributed by atoms with Gasteiger partial charge in [0.1, 0.15) is 6.73 Å². The van der Waals surface area contributed by atoms with Gasteiger partial charge in [-0.25, -0.2) is 9.80 Å². The second-order valence-electron chi connectivity index (χ2n) is 2.05. The van der Waals surface area contributed by atoms with E-state index in [1.165, 1.54) is 14.2 Å². The molecule has 0 spiro atoms. The summed E-state index contributed by atoms with van der Waals surface area (Å²) in [6.45, 7) is 2.76. The first kappa shape index (κ1) is 10.2. The molecule has 0 unspecified atom stereocenters. The lowest BCUT2D eigenvalue weighted by molar-refractivity contribution is -0.0594. The van der Waals surface area contributed by atoms with Crippen molar-refractivity contribution in [1.82, 2.24) is 10.0 Å². The average molecular weight is 162 g/mol. The van der Waals surface area contributed by atoms with Gasteiger partial charge in [0, 0.05) is 20.7 Å². The first-order valence-corrected chi connectivity index (χ1v) is 3.34. The molecule has 11 heavy (non-hydrogen) atoms. The molecule has 0 saturated carbocycles. The third-order valence-corrected chi connectivity index (χ3v) is 1.34. The normalized spacial score (nSPS) is 10.2. The van der Waals surface area contributed by atoms with Gasteiger partial charge in [0.2, 0.25) is 0 Å². The first-order valence-electron chi connectivity index (χ1n) is 3.34. The van der Waals surface area contributed by atoms with Crippen LogP contribution in [-0.2, 0) is 4.74 Å². The molecule has 0 aromatic heterocycles. The van der Waals surface area contributed by atoms with Crippen LogP contribution in [0.3, 0.4) is 0 Å². The quantitative estimate of drug-likeness (QED) is 0.481. The average Bonchev–Trinajstić information content (AvgIpc) is 1.98. The third kappa shape index (κ3) is 3.20. The zero-order valence-corrected chi connectivity index (χ0v) is 7.07. The molecule has 0 aromatic rings. The predicted molar refractivity (Wildman–Crippen MR) is 40.0 cm³/mol. The summed E-state index contributed by atoms with van der Waals surface area (Å²) >= 11 is 0. The van der Waals surface area contributed by atoms with Gasteiger partial charge in [-0.15, -0.1) is 0 Å². The van der Waals surface area contributed by atoms with Crippen LogP contribution in [-0.4, -0.2) is 48.7 Å². The molecular weight excluding hydrogens is 148 g/mol. The van der Waals surface area contributed by atoms with Crippen LogP contribution in [0.4, 0.5) is 4.79 Å². The number of ether oxygens (including phenoxy) is 1. The monoisotopic (exact) mass is 162 g/mol. The summed E-state index contributed by atoms with van der Waals surface area (Å²) < 4.78 is 4.79. The second kappa shape index (κ2) is 4.92. The van der Waals surface area contributed by atoms with Gasteiger partial charge < -0.3 is 9.84 Å². The van der Waals surface area contributed by atoms with Gasteiger partial charge in [0.25, 0.3) is 0 Å². The van der Waals surface area contributed by atoms with Crippen molar-refractivity contribution >= 4 is 6.09 Å². The second-order valence-corrected chi connectivity index (χ2v) is 2.05. The van der Waals surface area contributed by atoms with E-state index in [2.05, 4.69) is 0 Å². The molecule has 0 aliphatic carbocycles. The van der Waals surface area contributed by atoms with Gasteiger partial charge in [-0.1, -0.05) is 6.92 Å². The van der Waals surface area contributed by atoms with Crippen LogP contribution in [0.1, 0.15) is 6.92 Å². The van der Waals surface area contributed by atoms with E-state index in [1.807, 2.05) is 6.92 Å². The number of nitrogens with zero attached hydrogens (tertiary/aromatic N) is 2. The number of carboxylic acid groups (broad SMARTS) is 1. The Morgan fingerprint density at radius 3 is 2.45 bits per heavy atom. The predicted octanol–water partition coefficient (Wildman–Crippen LogP) is 0.437. The van der Waals surface area contributed by atoms with E-state index in [9.17, 15) is 4.79 Å². The standard InChI is InChI=1S/C6H14N2O3/c1-4-8(5-11-3)7(2)6(9)10/h4-5H2,1-3H3,(H,9,10). The molecule has 0 heterocycles. The lowest BCUT2D eigenvalue weighted by Gasteiger charge is -2.27. The van der Waals surface area contributed by atoms with E-state index in [-0.39, 0.29) is 0 Å². The van der Waals surface area contributed by atoms with Crippen LogP contribution in [0.5, 0.6) is 0 Å². The van der Waals surface area contributed by atoms with Crippen LogP contribution in [0.25, 0.3) is 0 Å². The van der Waals surface area contributed by atoms with E-state index >= 15 is 0 Å². The molecule has 66 valence electrons. The molecule has 1 amide bonds. The van der Waals surface area contributed by atoms with Gasteiger partial charge in [-0.05, 0) is 0 Å². The molecule has 0 bridgehead atoms. The molecule has 5 heteroatoms. The Balaban J connectivity index is 3.91. The zero-order valence-electron chi connectivity index (χ0n) is 7.07. The molecule has 0 saturated heterocycles. The molecule has 5 nitrogen and oxygen atoms in total. The number of amides is 1. The highest BCUT2D eigenvalue weighted by molar-refractivity contribution is 5.63. The number of rotatable bonds is 4. The van der Waals surface area contributed by atoms with Crippen LogP contribution < -0.4 is 0 Å². The highest BCUT2D eigenvalue weighted by Gasteiger charge is 2.12. The van der Waals surface area contributed by atoms with Gasteiger partial charge >= 0.3 is 6.09 Å². The van der Waals surface area contributed by atoms with Crippen LogP contribution in [0.2, 0.25) is 0 Å². The molecule has 0 rings (SSSR count). The smallest absolute Gasteiger partial charge is 0.421 e. The van der Waals surface area contributed by atoms with Crippen molar-refractivity contribution in [3.05, 3.63) is 0 Å². The summed E-state index contributed by atoms with van der Waals surface area (Å²) in [5, 5.41) is 11.2. The molecule has 0 aromatic carbocycles. The largest absolute Gasteiger partial charge is 0.464 e. The zero-order chi connectivity index (χ0) is 8.85. The first-order chi connectivity index (χ1) is 5.13. The molecule has 0 aliphatic rings. The topological polar surface area (TPSA) is 53.0 Å². The minimum atomic E-state index is -0.982. The van der Waals surface area contributed by atoms with Crippen molar-refractivity contribution in [2.24, 2.45) is 0 Å². The molecular formula is C6H14N2O3. The summed E-state index contributed by atoms with van der Waals surface area (Å²) in [4.78, 5) is 10.4. The van der Waals surface area contributed by atoms with E-state index < -0.39 is 6.09 Å². The molecule has 0 atom stereocenters. The summed E-state index contributed by atoms with van der Waals surface area (Å²) in [5.74, 6) is 0. The van der Waals surface area contributed by atoms with Crippen molar-refractivity contribution in [2.45, 2.75) is 6.92 Å². The number of carbonyl (C=O) groups is 1. The lowest BCUT2D eigenvalue weighted by atomic mass is 10.7. The maximum atomic E-state index is 10.4. The SMILES string of the molecule is CCN(COC)N(C)C(=O)O. The minimum Gasteiger partial charge on any atom is -0.464 e. The molecule has 0 fully saturated rings. The summed E-state index contributed by atoms with van der Waals surface area (Å²) in [6, 6.07) is 0. The fourth-order valence-electron chi connectivity index (χ4n) is 0.660. The van der Waals surface area contributed by atoms with Crippen molar-refractivity contribution in [1.29, 1.82) is 0 Å². The summed E-state index contributed by atoms with van der Waals surface area (Å²) in [6.07, 6.45) is -0.982. The number of hydrogen-bond donors (Lipinski definition) is 1. The number of hydrogen-bond acceptors (Lipinski definition) is 3. The van der Waals surface area contributed by atoms with Crippen LogP contribution in [0.15, 0.2) is 0 Å². The number of methoxy groups -OCH3 is 1. The van der Waals surface area contributed by atoms with Crippen molar-refractivity contribution < 1.29 is 14.6 Å². The van der Waals surface area contributed by atoms with Crippen molar-refractivity contribution in [3.63, 3.8) is 0 Å².